The van der Waals surface area contributed by atoms with Crippen LogP contribution in [0.3, 0.4) is 0 Å². The van der Waals surface area contributed by atoms with Gasteiger partial charge in [0, 0.05) is 16.5 Å². The lowest BCUT2D eigenvalue weighted by Crippen LogP contribution is -2.49. The van der Waals surface area contributed by atoms with Gasteiger partial charge in [-0.3, -0.25) is 0 Å². The monoisotopic (exact) mass is 540 g/mol. The fourth-order valence-corrected chi connectivity index (χ4v) is 12.1. The van der Waals surface area contributed by atoms with Crippen LogP contribution >= 0.6 is 0 Å². The molecule has 10 fully saturated rings. The van der Waals surface area contributed by atoms with Crippen molar-refractivity contribution < 1.29 is 18.9 Å². The van der Waals surface area contributed by atoms with Gasteiger partial charge in [-0.2, -0.15) is 0 Å². The highest BCUT2D eigenvalue weighted by Gasteiger charge is 2.55. The van der Waals surface area contributed by atoms with E-state index in [1.165, 1.54) is 105 Å². The van der Waals surface area contributed by atoms with E-state index in [4.69, 9.17) is 18.9 Å². The standard InChI is InChI=1S/C36H44O4/c1-2-32(39-19-28-17-37-28)34(36-14-24-6-25(15-36)8-26(7-24)16-36)30-10-33(40-20-29-18-38-29)31(9-27(1)30)35-11-21-3-22(12-35)5-23(4-21)13-35/h1-2,9-10,21-26,28-29H,3-8,11-20H2. The average molecular weight is 541 g/mol. The van der Waals surface area contributed by atoms with Gasteiger partial charge in [-0.05, 0) is 147 Å². The van der Waals surface area contributed by atoms with Gasteiger partial charge in [0.05, 0.1) is 13.2 Å². The molecule has 8 bridgehead atoms. The Morgan fingerprint density at radius 3 is 1.57 bits per heavy atom. The van der Waals surface area contributed by atoms with Gasteiger partial charge in [-0.15, -0.1) is 0 Å². The Morgan fingerprint density at radius 1 is 0.600 bits per heavy atom. The van der Waals surface area contributed by atoms with Crippen LogP contribution in [0.4, 0.5) is 0 Å². The summed E-state index contributed by atoms with van der Waals surface area (Å²) >= 11 is 0. The van der Waals surface area contributed by atoms with Gasteiger partial charge in [0.15, 0.2) is 0 Å². The Bertz CT molecular complexity index is 1280. The Hall–Kier alpha value is -1.78. The van der Waals surface area contributed by atoms with E-state index in [0.717, 1.165) is 54.5 Å². The lowest BCUT2D eigenvalue weighted by atomic mass is 9.47. The Kier molecular flexibility index (Phi) is 4.99. The first-order valence-corrected chi connectivity index (χ1v) is 16.7. The molecule has 0 aromatic heterocycles. The molecule has 2 unspecified atom stereocenters. The third kappa shape index (κ3) is 3.77. The Morgan fingerprint density at radius 2 is 1.07 bits per heavy atom. The van der Waals surface area contributed by atoms with E-state index in [2.05, 4.69) is 24.3 Å². The van der Waals surface area contributed by atoms with Crippen LogP contribution in [0.1, 0.15) is 88.2 Å². The predicted molar refractivity (Wildman–Crippen MR) is 154 cm³/mol. The van der Waals surface area contributed by atoms with Gasteiger partial charge >= 0.3 is 0 Å². The molecule has 2 aromatic carbocycles. The van der Waals surface area contributed by atoms with E-state index in [1.54, 1.807) is 0 Å². The third-order valence-corrected chi connectivity index (χ3v) is 12.9. The molecule has 10 aliphatic rings. The van der Waals surface area contributed by atoms with E-state index < -0.39 is 0 Å². The Labute approximate surface area is 238 Å². The number of fused-ring (bicyclic) bond motifs is 1. The van der Waals surface area contributed by atoms with E-state index in [-0.39, 0.29) is 17.6 Å². The molecule has 2 aromatic rings. The molecule has 2 saturated heterocycles. The molecular weight excluding hydrogens is 496 g/mol. The minimum atomic E-state index is 0.257. The number of rotatable bonds is 8. The van der Waals surface area contributed by atoms with Crippen LogP contribution in [-0.4, -0.2) is 38.6 Å². The molecule has 2 aliphatic heterocycles. The predicted octanol–water partition coefficient (Wildman–Crippen LogP) is 7.33. The largest absolute Gasteiger partial charge is 0.490 e. The summed E-state index contributed by atoms with van der Waals surface area (Å²) in [5.41, 5.74) is 3.61. The van der Waals surface area contributed by atoms with Gasteiger partial charge in [0.25, 0.3) is 0 Å². The molecule has 4 heteroatoms. The van der Waals surface area contributed by atoms with Crippen molar-refractivity contribution in [2.75, 3.05) is 26.4 Å². The van der Waals surface area contributed by atoms with Crippen LogP contribution in [0.2, 0.25) is 0 Å². The SMILES string of the molecule is c1cc2cc(C34CC5CC(CC(C5)C3)C4)c(OCC3CO3)cc2c(C23CC4CC(CC(C4)C2)C3)c1OCC1CO1. The second-order valence-corrected chi connectivity index (χ2v) is 15.9. The average Bonchev–Trinajstić information content (AvgIpc) is 3.84. The van der Waals surface area contributed by atoms with Crippen LogP contribution < -0.4 is 9.47 Å². The topological polar surface area (TPSA) is 43.5 Å². The molecule has 0 amide bonds. The fraction of sp³-hybridized carbons (Fsp3) is 0.722. The van der Waals surface area contributed by atoms with Crippen LogP contribution in [0, 0.1) is 35.5 Å². The molecular formula is C36H44O4. The summed E-state index contributed by atoms with van der Waals surface area (Å²) in [5, 5.41) is 2.83. The molecule has 2 heterocycles. The van der Waals surface area contributed by atoms with Crippen molar-refractivity contribution in [1.82, 2.24) is 0 Å². The molecule has 12 rings (SSSR count). The minimum absolute atomic E-state index is 0.257. The summed E-state index contributed by atoms with van der Waals surface area (Å²) in [6, 6.07) is 9.81. The number of hydrogen-bond donors (Lipinski definition) is 0. The van der Waals surface area contributed by atoms with Gasteiger partial charge in [0.1, 0.15) is 36.9 Å². The summed E-state index contributed by atoms with van der Waals surface area (Å²) < 4.78 is 24.6. The molecule has 8 aliphatic carbocycles. The van der Waals surface area contributed by atoms with E-state index >= 15 is 0 Å². The van der Waals surface area contributed by atoms with Crippen molar-refractivity contribution in [1.29, 1.82) is 0 Å². The lowest BCUT2D eigenvalue weighted by molar-refractivity contribution is -0.00645. The number of ether oxygens (including phenoxy) is 4. The van der Waals surface area contributed by atoms with E-state index in [0.29, 0.717) is 18.6 Å². The summed E-state index contributed by atoms with van der Waals surface area (Å²) in [7, 11) is 0. The second-order valence-electron chi connectivity index (χ2n) is 15.9. The normalized spacial score (nSPS) is 45.3. The summed E-state index contributed by atoms with van der Waals surface area (Å²) in [4.78, 5) is 0. The highest BCUT2D eigenvalue weighted by molar-refractivity contribution is 5.91. The molecule has 8 saturated carbocycles. The second kappa shape index (κ2) is 8.40. The maximum atomic E-state index is 6.79. The zero-order valence-corrected chi connectivity index (χ0v) is 23.9. The van der Waals surface area contributed by atoms with E-state index in [1.807, 2.05) is 0 Å². The Balaban J connectivity index is 1.14. The number of epoxide rings is 2. The van der Waals surface area contributed by atoms with Gasteiger partial charge in [0.2, 0.25) is 0 Å². The lowest BCUT2D eigenvalue weighted by Gasteiger charge is -2.58. The molecule has 212 valence electrons. The van der Waals surface area contributed by atoms with Crippen molar-refractivity contribution in [2.45, 2.75) is 100 Å². The highest BCUT2D eigenvalue weighted by Crippen LogP contribution is 2.65. The van der Waals surface area contributed by atoms with Crippen molar-refractivity contribution in [3.05, 3.63) is 35.4 Å². The quantitative estimate of drug-likeness (QED) is 0.329. The van der Waals surface area contributed by atoms with Crippen molar-refractivity contribution >= 4 is 10.8 Å². The first kappa shape index (κ1) is 23.7. The molecule has 0 spiro atoms. The molecule has 0 radical (unpaired) electrons. The molecule has 40 heavy (non-hydrogen) atoms. The van der Waals surface area contributed by atoms with E-state index in [9.17, 15) is 0 Å². The summed E-state index contributed by atoms with van der Waals surface area (Å²) in [6.07, 6.45) is 17.5. The maximum Gasteiger partial charge on any atom is 0.123 e. The maximum absolute atomic E-state index is 6.79. The highest BCUT2D eigenvalue weighted by atomic mass is 16.6. The van der Waals surface area contributed by atoms with Crippen LogP contribution in [-0.2, 0) is 20.3 Å². The van der Waals surface area contributed by atoms with Crippen LogP contribution in [0.25, 0.3) is 10.8 Å². The zero-order chi connectivity index (χ0) is 26.1. The molecule has 4 nitrogen and oxygen atoms in total. The van der Waals surface area contributed by atoms with Gasteiger partial charge in [-0.25, -0.2) is 0 Å². The smallest absolute Gasteiger partial charge is 0.123 e. The first-order chi connectivity index (χ1) is 19.6. The first-order valence-electron chi connectivity index (χ1n) is 16.7. The van der Waals surface area contributed by atoms with Crippen molar-refractivity contribution in [3.63, 3.8) is 0 Å². The van der Waals surface area contributed by atoms with Crippen LogP contribution in [0.15, 0.2) is 24.3 Å². The molecule has 2 atom stereocenters. The minimum Gasteiger partial charge on any atom is -0.490 e. The van der Waals surface area contributed by atoms with Crippen molar-refractivity contribution in [2.24, 2.45) is 35.5 Å². The van der Waals surface area contributed by atoms with Crippen molar-refractivity contribution in [3.8, 4) is 11.5 Å². The number of hydrogen-bond acceptors (Lipinski definition) is 4. The summed E-state index contributed by atoms with van der Waals surface area (Å²) in [6.45, 7) is 3.06. The zero-order valence-electron chi connectivity index (χ0n) is 23.9. The fourth-order valence-electron chi connectivity index (χ4n) is 12.1. The summed E-state index contributed by atoms with van der Waals surface area (Å²) in [5.74, 6) is 7.75. The van der Waals surface area contributed by atoms with Gasteiger partial charge in [-0.1, -0.05) is 6.07 Å². The number of benzene rings is 2. The van der Waals surface area contributed by atoms with Crippen LogP contribution in [0.5, 0.6) is 11.5 Å². The third-order valence-electron chi connectivity index (χ3n) is 12.9. The van der Waals surface area contributed by atoms with Gasteiger partial charge < -0.3 is 18.9 Å². The molecule has 0 N–H and O–H groups in total.